The molecule has 1 atom stereocenters. The first kappa shape index (κ1) is 9.11. The largest absolute Gasteiger partial charge is 0.232 e. The van der Waals surface area contributed by atoms with Crippen LogP contribution in [0.4, 0.5) is 0 Å². The van der Waals surface area contributed by atoms with Gasteiger partial charge in [-0.05, 0) is 17.8 Å². The number of aliphatic imine (C=N–C) groups is 1. The number of nitrogens with zero attached hydrogens (tertiary/aromatic N) is 1. The maximum Gasteiger partial charge on any atom is 0.0585 e. The van der Waals surface area contributed by atoms with Crippen LogP contribution in [0.5, 0.6) is 0 Å². The van der Waals surface area contributed by atoms with Crippen LogP contribution in [0.25, 0.3) is 0 Å². The topological polar surface area (TPSA) is 12.4 Å². The van der Waals surface area contributed by atoms with Crippen molar-refractivity contribution in [2.45, 2.75) is 12.8 Å². The summed E-state index contributed by atoms with van der Waals surface area (Å²) in [4.78, 5) is 3.91. The lowest BCUT2D eigenvalue weighted by molar-refractivity contribution is 0.779. The molecule has 0 N–H and O–H groups in total. The smallest absolute Gasteiger partial charge is 0.0585 e. The maximum atomic E-state index is 4.50. The molecule has 1 aromatic rings. The van der Waals surface area contributed by atoms with E-state index in [9.17, 15) is 0 Å². The van der Waals surface area contributed by atoms with E-state index in [0.717, 1.165) is 6.54 Å². The van der Waals surface area contributed by atoms with E-state index in [1.807, 2.05) is 18.2 Å². The molecule has 0 spiro atoms. The van der Waals surface area contributed by atoms with Crippen molar-refractivity contribution in [2.75, 3.05) is 6.54 Å². The normalized spacial score (nSPS) is 11.8. The van der Waals surface area contributed by atoms with Crippen LogP contribution in [0.2, 0.25) is 0 Å². The molecule has 62 valence electrons. The Morgan fingerprint density at radius 2 is 2.08 bits per heavy atom. The number of rotatable bonds is 3. The van der Waals surface area contributed by atoms with Crippen molar-refractivity contribution in [1.29, 1.82) is 0 Å². The molecular weight excluding hydrogens is 166 g/mol. The molecule has 0 aromatic heterocycles. The Kier molecular flexibility index (Phi) is 3.65. The Bertz CT molecular complexity index is 275. The maximum absolute atomic E-state index is 4.50. The van der Waals surface area contributed by atoms with Crippen LogP contribution in [-0.4, -0.2) is 11.7 Å². The van der Waals surface area contributed by atoms with E-state index in [1.165, 1.54) is 5.56 Å². The second-order valence-electron chi connectivity index (χ2n) is 2.74. The van der Waals surface area contributed by atoms with Gasteiger partial charge in [-0.1, -0.05) is 37.3 Å². The van der Waals surface area contributed by atoms with E-state index >= 15 is 0 Å². The fraction of sp³-hybridized carbons (Fsp3) is 0.300. The van der Waals surface area contributed by atoms with E-state index in [1.54, 1.807) is 0 Å². The molecule has 12 heavy (non-hydrogen) atoms. The summed E-state index contributed by atoms with van der Waals surface area (Å²) < 4.78 is 0. The van der Waals surface area contributed by atoms with Gasteiger partial charge in [-0.15, -0.1) is 0 Å². The Balaban J connectivity index is 2.65. The summed E-state index contributed by atoms with van der Waals surface area (Å²) in [5, 5.41) is 2.38. The van der Waals surface area contributed by atoms with Gasteiger partial charge in [0.2, 0.25) is 0 Å². The van der Waals surface area contributed by atoms with Gasteiger partial charge in [0.15, 0.2) is 0 Å². The number of thiocarbonyl (C=S) groups is 1. The molecule has 0 aliphatic heterocycles. The molecule has 0 unspecified atom stereocenters. The quantitative estimate of drug-likeness (QED) is 0.511. The highest BCUT2D eigenvalue weighted by molar-refractivity contribution is 7.78. The standard InChI is InChI=1S/C10H11NS/c1-9(7-11-8-12)10-5-3-2-4-6-10/h2-6,9H,7H2,1H3/t9-/m1/s1. The number of hydrogen-bond donors (Lipinski definition) is 0. The van der Waals surface area contributed by atoms with E-state index in [-0.39, 0.29) is 0 Å². The summed E-state index contributed by atoms with van der Waals surface area (Å²) in [6.07, 6.45) is 0. The number of isothiocyanates is 1. The molecule has 0 radical (unpaired) electrons. The molecule has 1 nitrogen and oxygen atoms in total. The minimum Gasteiger partial charge on any atom is -0.232 e. The van der Waals surface area contributed by atoms with Gasteiger partial charge in [0.25, 0.3) is 0 Å². The zero-order chi connectivity index (χ0) is 8.81. The lowest BCUT2D eigenvalue weighted by Crippen LogP contribution is -1.96. The van der Waals surface area contributed by atoms with Crippen LogP contribution >= 0.6 is 12.2 Å². The fourth-order valence-corrected chi connectivity index (χ4v) is 1.14. The highest BCUT2D eigenvalue weighted by Crippen LogP contribution is 2.13. The average molecular weight is 177 g/mol. The van der Waals surface area contributed by atoms with Gasteiger partial charge in [0.1, 0.15) is 0 Å². The fourth-order valence-electron chi connectivity index (χ4n) is 1.06. The van der Waals surface area contributed by atoms with Gasteiger partial charge in [0, 0.05) is 5.92 Å². The Hall–Kier alpha value is -0.980. The van der Waals surface area contributed by atoms with Gasteiger partial charge in [-0.2, -0.15) is 0 Å². The second kappa shape index (κ2) is 4.81. The van der Waals surface area contributed by atoms with Crippen molar-refractivity contribution in [1.82, 2.24) is 0 Å². The molecule has 0 aliphatic rings. The van der Waals surface area contributed by atoms with Crippen molar-refractivity contribution in [2.24, 2.45) is 4.99 Å². The molecule has 0 amide bonds. The Morgan fingerprint density at radius 1 is 1.42 bits per heavy atom. The Labute approximate surface area is 78.1 Å². The third-order valence-electron chi connectivity index (χ3n) is 1.80. The number of benzene rings is 1. The second-order valence-corrected chi connectivity index (χ2v) is 2.93. The summed E-state index contributed by atoms with van der Waals surface area (Å²) in [6.45, 7) is 2.86. The predicted molar refractivity (Wildman–Crippen MR) is 54.8 cm³/mol. The molecule has 1 rings (SSSR count). The summed E-state index contributed by atoms with van der Waals surface area (Å²) in [6, 6.07) is 10.3. The molecule has 1 aromatic carbocycles. The van der Waals surface area contributed by atoms with Crippen molar-refractivity contribution < 1.29 is 0 Å². The summed E-state index contributed by atoms with van der Waals surface area (Å²) in [5.74, 6) is 0.432. The number of hydrogen-bond acceptors (Lipinski definition) is 2. The first-order valence-corrected chi connectivity index (χ1v) is 4.34. The summed E-state index contributed by atoms with van der Waals surface area (Å²) >= 11 is 4.50. The third kappa shape index (κ3) is 2.57. The third-order valence-corrected chi connectivity index (χ3v) is 1.93. The van der Waals surface area contributed by atoms with Gasteiger partial charge in [-0.25, -0.2) is 4.99 Å². The van der Waals surface area contributed by atoms with Gasteiger partial charge < -0.3 is 0 Å². The van der Waals surface area contributed by atoms with Crippen LogP contribution in [0.3, 0.4) is 0 Å². The van der Waals surface area contributed by atoms with Crippen LogP contribution in [0.1, 0.15) is 18.4 Å². The lowest BCUT2D eigenvalue weighted by atomic mass is 10.0. The first-order valence-electron chi connectivity index (χ1n) is 3.93. The molecule has 0 bridgehead atoms. The zero-order valence-electron chi connectivity index (χ0n) is 7.03. The van der Waals surface area contributed by atoms with Crippen LogP contribution in [0.15, 0.2) is 35.3 Å². The zero-order valence-corrected chi connectivity index (χ0v) is 7.84. The molecule has 2 heteroatoms. The molecule has 0 saturated heterocycles. The molecule has 0 aliphatic carbocycles. The van der Waals surface area contributed by atoms with Gasteiger partial charge in [0.05, 0.1) is 11.7 Å². The van der Waals surface area contributed by atoms with Gasteiger partial charge >= 0.3 is 0 Å². The minimum atomic E-state index is 0.432. The molecular formula is C10H11NS. The van der Waals surface area contributed by atoms with Crippen LogP contribution in [-0.2, 0) is 0 Å². The van der Waals surface area contributed by atoms with Crippen molar-refractivity contribution in [3.63, 3.8) is 0 Å². The summed E-state index contributed by atoms with van der Waals surface area (Å²) in [7, 11) is 0. The van der Waals surface area contributed by atoms with Crippen LogP contribution in [0, 0.1) is 0 Å². The monoisotopic (exact) mass is 177 g/mol. The van der Waals surface area contributed by atoms with Crippen molar-refractivity contribution in [3.05, 3.63) is 35.9 Å². The molecule has 0 saturated carbocycles. The van der Waals surface area contributed by atoms with Crippen molar-refractivity contribution >= 4 is 17.4 Å². The van der Waals surface area contributed by atoms with E-state index in [4.69, 9.17) is 0 Å². The average Bonchev–Trinajstić information content (AvgIpc) is 2.15. The lowest BCUT2D eigenvalue weighted by Gasteiger charge is -2.06. The van der Waals surface area contributed by atoms with E-state index < -0.39 is 0 Å². The highest BCUT2D eigenvalue weighted by atomic mass is 32.1. The first-order chi connectivity index (χ1) is 5.84. The molecule has 0 fully saturated rings. The highest BCUT2D eigenvalue weighted by Gasteiger charge is 2.01. The van der Waals surface area contributed by atoms with E-state index in [2.05, 4.69) is 41.4 Å². The van der Waals surface area contributed by atoms with E-state index in [0.29, 0.717) is 5.92 Å². The predicted octanol–water partition coefficient (Wildman–Crippen LogP) is 2.89. The van der Waals surface area contributed by atoms with Crippen LogP contribution < -0.4 is 0 Å². The van der Waals surface area contributed by atoms with Crippen molar-refractivity contribution in [3.8, 4) is 0 Å². The minimum absolute atomic E-state index is 0.432. The van der Waals surface area contributed by atoms with Gasteiger partial charge in [-0.3, -0.25) is 0 Å². The summed E-state index contributed by atoms with van der Waals surface area (Å²) in [5.41, 5.74) is 1.30. The SMILES string of the molecule is C[C@H](CN=C=S)c1ccccc1. The Morgan fingerprint density at radius 3 is 2.67 bits per heavy atom. The molecule has 0 heterocycles.